The van der Waals surface area contributed by atoms with Gasteiger partial charge in [-0.2, -0.15) is 0 Å². The van der Waals surface area contributed by atoms with Gasteiger partial charge in [-0.1, -0.05) is 0 Å². The molecule has 1 aromatic heterocycles. The minimum absolute atomic E-state index is 0. The van der Waals surface area contributed by atoms with Crippen molar-refractivity contribution in [2.75, 3.05) is 0 Å². The summed E-state index contributed by atoms with van der Waals surface area (Å²) >= 11 is 0. The first-order chi connectivity index (χ1) is 10.1. The summed E-state index contributed by atoms with van der Waals surface area (Å²) in [5.74, 6) is 0.211. The van der Waals surface area contributed by atoms with Crippen molar-refractivity contribution in [2.45, 2.75) is 52.1 Å². The Morgan fingerprint density at radius 1 is 1.23 bits per heavy atom. The molecule has 0 saturated heterocycles. The molecule has 0 aliphatic heterocycles. The fraction of sp³-hybridized carbons (Fsp3) is 0.471. The number of fused-ring (bicyclic) bond motifs is 1. The van der Waals surface area contributed by atoms with Crippen molar-refractivity contribution in [3.05, 3.63) is 39.2 Å². The van der Waals surface area contributed by atoms with Crippen LogP contribution >= 0.6 is 0 Å². The average Bonchev–Trinajstić information content (AvgIpc) is 2.97. The summed E-state index contributed by atoms with van der Waals surface area (Å²) in [6.45, 7) is 4.35. The van der Waals surface area contributed by atoms with Crippen molar-refractivity contribution in [3.63, 3.8) is 0 Å². The number of phenolic OH excluding ortho intramolecular Hbond substituents is 1. The van der Waals surface area contributed by atoms with E-state index < -0.39 is 0 Å². The fourth-order valence-electron chi connectivity index (χ4n) is 3.23. The normalized spacial score (nSPS) is 15.2. The van der Waals surface area contributed by atoms with Crippen LogP contribution in [0.1, 0.15) is 42.4 Å². The van der Waals surface area contributed by atoms with Crippen LogP contribution in [-0.2, 0) is 6.54 Å². The van der Waals surface area contributed by atoms with Gasteiger partial charge in [0.25, 0.3) is 0 Å². The maximum atomic E-state index is 11.9. The van der Waals surface area contributed by atoms with Crippen molar-refractivity contribution >= 4 is 11.0 Å². The van der Waals surface area contributed by atoms with Crippen LogP contribution in [0.25, 0.3) is 11.0 Å². The van der Waals surface area contributed by atoms with Gasteiger partial charge < -0.3 is 27.2 Å². The van der Waals surface area contributed by atoms with Crippen LogP contribution in [0.2, 0.25) is 0 Å². The first-order valence-corrected chi connectivity index (χ1v) is 7.66. The molecule has 0 amide bonds. The molecule has 5 heteroatoms. The number of benzene rings is 1. The highest BCUT2D eigenvalue weighted by molar-refractivity contribution is 5.85. The minimum atomic E-state index is -0.312. The molecule has 1 aliphatic rings. The lowest BCUT2D eigenvalue weighted by atomic mass is 10.0. The van der Waals surface area contributed by atoms with E-state index in [1.54, 1.807) is 13.0 Å². The lowest BCUT2D eigenvalue weighted by molar-refractivity contribution is -0.703. The van der Waals surface area contributed by atoms with Gasteiger partial charge in [0.15, 0.2) is 5.58 Å². The standard InChI is InChI=1S/C17H21NO3.ClH/c1-10-11(2)17(20)21-16-13(10)7-8-15(19)14(16)9-18-12-5-3-4-6-12;/h7-8,12,18-19H,3-6,9H2,1-2H3;1H. The highest BCUT2D eigenvalue weighted by atomic mass is 35.5. The molecule has 1 fully saturated rings. The molecule has 0 radical (unpaired) electrons. The van der Waals surface area contributed by atoms with Crippen LogP contribution in [0.15, 0.2) is 21.3 Å². The van der Waals surface area contributed by atoms with E-state index in [4.69, 9.17) is 4.42 Å². The van der Waals surface area contributed by atoms with Crippen molar-refractivity contribution in [3.8, 4) is 5.75 Å². The Morgan fingerprint density at radius 2 is 1.91 bits per heavy atom. The molecule has 120 valence electrons. The van der Waals surface area contributed by atoms with Gasteiger partial charge in [-0.05, 0) is 57.2 Å². The van der Waals surface area contributed by atoms with E-state index >= 15 is 0 Å². The summed E-state index contributed by atoms with van der Waals surface area (Å²) in [7, 11) is 0. The number of aromatic hydroxyl groups is 1. The number of halogens is 1. The van der Waals surface area contributed by atoms with Gasteiger partial charge in [-0.3, -0.25) is 0 Å². The third-order valence-corrected chi connectivity index (χ3v) is 4.76. The highest BCUT2D eigenvalue weighted by Gasteiger charge is 2.20. The van der Waals surface area contributed by atoms with E-state index in [0.717, 1.165) is 16.5 Å². The number of nitrogens with two attached hydrogens (primary N) is 1. The molecule has 0 atom stereocenters. The highest BCUT2D eigenvalue weighted by Crippen LogP contribution is 2.28. The molecule has 4 nitrogen and oxygen atoms in total. The smallest absolute Gasteiger partial charge is 0.339 e. The molecular formula is C17H22ClNO3. The minimum Gasteiger partial charge on any atom is -1.00 e. The van der Waals surface area contributed by atoms with Crippen molar-refractivity contribution < 1.29 is 27.2 Å². The zero-order valence-corrected chi connectivity index (χ0v) is 13.7. The molecule has 1 saturated carbocycles. The van der Waals surface area contributed by atoms with Crippen molar-refractivity contribution in [2.24, 2.45) is 0 Å². The summed E-state index contributed by atoms with van der Waals surface area (Å²) < 4.78 is 5.46. The third-order valence-electron chi connectivity index (χ3n) is 4.76. The SMILES string of the molecule is Cc1c(C)c2ccc(O)c(C[NH2+]C3CCCC3)c2oc1=O.[Cl-]. The second-order valence-electron chi connectivity index (χ2n) is 6.06. The molecule has 0 spiro atoms. The Hall–Kier alpha value is -1.52. The van der Waals surface area contributed by atoms with Gasteiger partial charge in [0.1, 0.15) is 12.3 Å². The Morgan fingerprint density at radius 3 is 2.59 bits per heavy atom. The molecule has 2 aromatic rings. The van der Waals surface area contributed by atoms with E-state index in [1.165, 1.54) is 25.7 Å². The Labute approximate surface area is 135 Å². The van der Waals surface area contributed by atoms with Gasteiger partial charge in [-0.15, -0.1) is 0 Å². The Bertz CT molecular complexity index is 733. The second-order valence-corrected chi connectivity index (χ2v) is 6.06. The van der Waals surface area contributed by atoms with Gasteiger partial charge in [0, 0.05) is 10.9 Å². The first-order valence-electron chi connectivity index (χ1n) is 7.66. The number of aryl methyl sites for hydroxylation is 1. The van der Waals surface area contributed by atoms with E-state index in [1.807, 2.05) is 13.0 Å². The largest absolute Gasteiger partial charge is 1.00 e. The van der Waals surface area contributed by atoms with E-state index in [-0.39, 0.29) is 23.8 Å². The quantitative estimate of drug-likeness (QED) is 0.721. The van der Waals surface area contributed by atoms with E-state index in [0.29, 0.717) is 23.7 Å². The van der Waals surface area contributed by atoms with Gasteiger partial charge in [-0.25, -0.2) is 4.79 Å². The zero-order chi connectivity index (χ0) is 15.0. The molecule has 1 heterocycles. The van der Waals surface area contributed by atoms with Crippen LogP contribution in [0, 0.1) is 13.8 Å². The molecular weight excluding hydrogens is 302 g/mol. The van der Waals surface area contributed by atoms with Gasteiger partial charge in [0.2, 0.25) is 0 Å². The van der Waals surface area contributed by atoms with Crippen LogP contribution < -0.4 is 23.3 Å². The van der Waals surface area contributed by atoms with Crippen LogP contribution in [0.3, 0.4) is 0 Å². The number of phenols is 1. The lowest BCUT2D eigenvalue weighted by Gasteiger charge is -2.12. The molecule has 0 unspecified atom stereocenters. The van der Waals surface area contributed by atoms with E-state index in [2.05, 4.69) is 5.32 Å². The molecule has 1 aliphatic carbocycles. The van der Waals surface area contributed by atoms with Gasteiger partial charge >= 0.3 is 5.63 Å². The number of hydrogen-bond acceptors (Lipinski definition) is 3. The fourth-order valence-corrected chi connectivity index (χ4v) is 3.23. The number of quaternary nitrogens is 1. The summed E-state index contributed by atoms with van der Waals surface area (Å²) in [6.07, 6.45) is 5.04. The van der Waals surface area contributed by atoms with E-state index in [9.17, 15) is 9.90 Å². The summed E-state index contributed by atoms with van der Waals surface area (Å²) in [6, 6.07) is 4.15. The van der Waals surface area contributed by atoms with Crippen LogP contribution in [-0.4, -0.2) is 11.1 Å². The Kier molecular flexibility index (Phi) is 5.14. The topological polar surface area (TPSA) is 67.1 Å². The summed E-state index contributed by atoms with van der Waals surface area (Å²) in [4.78, 5) is 11.9. The number of rotatable bonds is 3. The molecule has 1 aromatic carbocycles. The van der Waals surface area contributed by atoms with Crippen LogP contribution in [0.5, 0.6) is 5.75 Å². The molecule has 22 heavy (non-hydrogen) atoms. The van der Waals surface area contributed by atoms with Crippen molar-refractivity contribution in [1.82, 2.24) is 0 Å². The van der Waals surface area contributed by atoms with Gasteiger partial charge in [0.05, 0.1) is 11.6 Å². The maximum Gasteiger partial charge on any atom is 0.339 e. The maximum absolute atomic E-state index is 11.9. The summed E-state index contributed by atoms with van der Waals surface area (Å²) in [5.41, 5.74) is 2.53. The number of hydrogen-bond donors (Lipinski definition) is 2. The first kappa shape index (κ1) is 16.8. The molecule has 3 rings (SSSR count). The monoisotopic (exact) mass is 323 g/mol. The predicted octanol–water partition coefficient (Wildman–Crippen LogP) is -0.875. The third kappa shape index (κ3) is 2.99. The Balaban J connectivity index is 0.00000176. The molecule has 3 N–H and O–H groups in total. The lowest BCUT2D eigenvalue weighted by Crippen LogP contribution is -3.00. The van der Waals surface area contributed by atoms with Crippen LogP contribution in [0.4, 0.5) is 0 Å². The second kappa shape index (κ2) is 6.71. The molecule has 0 bridgehead atoms. The average molecular weight is 324 g/mol. The summed E-state index contributed by atoms with van der Waals surface area (Å²) in [5, 5.41) is 13.3. The predicted molar refractivity (Wildman–Crippen MR) is 81.5 cm³/mol. The van der Waals surface area contributed by atoms with Crippen molar-refractivity contribution in [1.29, 1.82) is 0 Å². The zero-order valence-electron chi connectivity index (χ0n) is 13.0.